The van der Waals surface area contributed by atoms with Gasteiger partial charge in [-0.15, -0.1) is 0 Å². The van der Waals surface area contributed by atoms with Crippen molar-refractivity contribution in [2.45, 2.75) is 65.0 Å². The molecule has 0 spiro atoms. The SMILES string of the molecule is COc1ccc(OC)c(C(C)(n2ccc(C(C)(C)C)n2)n2ccc(C(C)(C)C)n2)c1. The van der Waals surface area contributed by atoms with Crippen LogP contribution in [0.1, 0.15) is 65.4 Å². The summed E-state index contributed by atoms with van der Waals surface area (Å²) in [6.07, 6.45) is 4.02. The summed E-state index contributed by atoms with van der Waals surface area (Å²) in [4.78, 5) is 0. The smallest absolute Gasteiger partial charge is 0.180 e. The van der Waals surface area contributed by atoms with Crippen LogP contribution in [0.4, 0.5) is 0 Å². The molecule has 6 nitrogen and oxygen atoms in total. The van der Waals surface area contributed by atoms with Gasteiger partial charge in [0.2, 0.25) is 0 Å². The minimum Gasteiger partial charge on any atom is -0.497 e. The third kappa shape index (κ3) is 3.83. The molecule has 0 atom stereocenters. The summed E-state index contributed by atoms with van der Waals surface area (Å²) in [5, 5.41) is 9.94. The second-order valence-corrected chi connectivity index (χ2v) is 9.88. The first-order valence-corrected chi connectivity index (χ1v) is 10.3. The zero-order valence-corrected chi connectivity index (χ0v) is 19.6. The van der Waals surface area contributed by atoms with Crippen molar-refractivity contribution in [1.82, 2.24) is 19.6 Å². The Hall–Kier alpha value is -2.76. The molecule has 30 heavy (non-hydrogen) atoms. The average molecular weight is 411 g/mol. The summed E-state index contributed by atoms with van der Waals surface area (Å²) in [7, 11) is 3.35. The van der Waals surface area contributed by atoms with Crippen LogP contribution in [-0.2, 0) is 16.5 Å². The number of hydrogen-bond acceptors (Lipinski definition) is 4. The first-order valence-electron chi connectivity index (χ1n) is 10.3. The molecule has 2 heterocycles. The second kappa shape index (κ2) is 7.49. The molecule has 0 N–H and O–H groups in total. The topological polar surface area (TPSA) is 54.1 Å². The molecule has 3 aromatic rings. The average Bonchev–Trinajstić information content (AvgIpc) is 3.36. The van der Waals surface area contributed by atoms with Gasteiger partial charge in [-0.3, -0.25) is 0 Å². The summed E-state index contributed by atoms with van der Waals surface area (Å²) in [6.45, 7) is 15.1. The summed E-state index contributed by atoms with van der Waals surface area (Å²) in [5.41, 5.74) is 2.05. The highest BCUT2D eigenvalue weighted by molar-refractivity contribution is 5.45. The van der Waals surface area contributed by atoms with Crippen molar-refractivity contribution >= 4 is 0 Å². The maximum atomic E-state index is 5.74. The van der Waals surface area contributed by atoms with E-state index in [0.717, 1.165) is 28.5 Å². The zero-order chi connectivity index (χ0) is 22.3. The fourth-order valence-electron chi connectivity index (χ4n) is 3.47. The Bertz CT molecular complexity index is 966. The summed E-state index contributed by atoms with van der Waals surface area (Å²) in [5.74, 6) is 1.50. The van der Waals surface area contributed by atoms with E-state index in [0.29, 0.717) is 0 Å². The number of ether oxygens (including phenoxy) is 2. The molecule has 0 unspecified atom stereocenters. The van der Waals surface area contributed by atoms with Gasteiger partial charge in [-0.2, -0.15) is 10.2 Å². The van der Waals surface area contributed by atoms with Gasteiger partial charge in [-0.1, -0.05) is 41.5 Å². The van der Waals surface area contributed by atoms with Crippen LogP contribution in [-0.4, -0.2) is 33.8 Å². The van der Waals surface area contributed by atoms with Crippen molar-refractivity contribution in [1.29, 1.82) is 0 Å². The van der Waals surface area contributed by atoms with Crippen LogP contribution in [0.2, 0.25) is 0 Å². The van der Waals surface area contributed by atoms with Crippen molar-refractivity contribution in [3.63, 3.8) is 0 Å². The van der Waals surface area contributed by atoms with Crippen LogP contribution in [0.15, 0.2) is 42.7 Å². The van der Waals surface area contributed by atoms with Crippen molar-refractivity contribution in [3.8, 4) is 11.5 Å². The minimum absolute atomic E-state index is 0.0642. The van der Waals surface area contributed by atoms with Gasteiger partial charge in [0.1, 0.15) is 11.5 Å². The maximum Gasteiger partial charge on any atom is 0.180 e. The van der Waals surface area contributed by atoms with E-state index in [1.165, 1.54) is 0 Å². The fourth-order valence-corrected chi connectivity index (χ4v) is 3.47. The normalized spacial score (nSPS) is 12.8. The molecule has 162 valence electrons. The van der Waals surface area contributed by atoms with Crippen molar-refractivity contribution in [2.75, 3.05) is 14.2 Å². The lowest BCUT2D eigenvalue weighted by atomic mass is 9.93. The van der Waals surface area contributed by atoms with E-state index in [1.807, 2.05) is 40.0 Å². The van der Waals surface area contributed by atoms with E-state index in [1.54, 1.807) is 14.2 Å². The predicted octanol–water partition coefficient (Wildman–Crippen LogP) is 4.96. The molecule has 0 saturated heterocycles. The standard InChI is InChI=1S/C24H34N4O2/c1-22(2,3)20-12-14-27(25-20)24(7,28-15-13-21(26-28)23(4,5)6)18-16-17(29-8)10-11-19(18)30-9/h10-16H,1-9H3. The third-order valence-corrected chi connectivity index (χ3v) is 5.52. The molecule has 0 aliphatic heterocycles. The van der Waals surface area contributed by atoms with Gasteiger partial charge < -0.3 is 9.47 Å². The summed E-state index contributed by atoms with van der Waals surface area (Å²) >= 11 is 0. The largest absolute Gasteiger partial charge is 0.497 e. The highest BCUT2D eigenvalue weighted by Crippen LogP contribution is 2.38. The number of methoxy groups -OCH3 is 2. The number of nitrogens with zero attached hydrogens (tertiary/aromatic N) is 4. The Morgan fingerprint density at radius 3 is 1.57 bits per heavy atom. The van der Waals surface area contributed by atoms with Crippen LogP contribution < -0.4 is 9.47 Å². The van der Waals surface area contributed by atoms with Crippen molar-refractivity contribution in [2.24, 2.45) is 0 Å². The molecule has 3 rings (SSSR count). The van der Waals surface area contributed by atoms with Crippen LogP contribution in [0.3, 0.4) is 0 Å². The molecule has 0 saturated carbocycles. The van der Waals surface area contributed by atoms with E-state index in [-0.39, 0.29) is 10.8 Å². The van der Waals surface area contributed by atoms with E-state index >= 15 is 0 Å². The Kier molecular flexibility index (Phi) is 5.48. The lowest BCUT2D eigenvalue weighted by Crippen LogP contribution is -2.41. The third-order valence-electron chi connectivity index (χ3n) is 5.52. The van der Waals surface area contributed by atoms with E-state index < -0.39 is 5.66 Å². The minimum atomic E-state index is -0.757. The van der Waals surface area contributed by atoms with Gasteiger partial charge in [0.05, 0.1) is 25.6 Å². The van der Waals surface area contributed by atoms with Gasteiger partial charge >= 0.3 is 0 Å². The fraction of sp³-hybridized carbons (Fsp3) is 0.500. The predicted molar refractivity (Wildman–Crippen MR) is 120 cm³/mol. The van der Waals surface area contributed by atoms with Gasteiger partial charge in [0.25, 0.3) is 0 Å². The first kappa shape index (κ1) is 21.9. The molecular weight excluding hydrogens is 376 g/mol. The molecule has 1 aromatic carbocycles. The molecule has 0 radical (unpaired) electrons. The molecule has 6 heteroatoms. The highest BCUT2D eigenvalue weighted by Gasteiger charge is 2.37. The first-order chi connectivity index (χ1) is 13.9. The van der Waals surface area contributed by atoms with Crippen LogP contribution in [0.25, 0.3) is 0 Å². The molecule has 0 fully saturated rings. The van der Waals surface area contributed by atoms with Crippen LogP contribution in [0.5, 0.6) is 11.5 Å². The van der Waals surface area contributed by atoms with Crippen molar-refractivity contribution in [3.05, 3.63) is 59.7 Å². The van der Waals surface area contributed by atoms with Gasteiger partial charge in [0.15, 0.2) is 5.66 Å². The Morgan fingerprint density at radius 2 is 1.20 bits per heavy atom. The lowest BCUT2D eigenvalue weighted by Gasteiger charge is -2.33. The lowest BCUT2D eigenvalue weighted by molar-refractivity contribution is 0.248. The monoisotopic (exact) mass is 410 g/mol. The molecule has 0 amide bonds. The van der Waals surface area contributed by atoms with E-state index in [9.17, 15) is 0 Å². The van der Waals surface area contributed by atoms with Gasteiger partial charge in [-0.25, -0.2) is 9.36 Å². The van der Waals surface area contributed by atoms with Crippen molar-refractivity contribution < 1.29 is 9.47 Å². The highest BCUT2D eigenvalue weighted by atomic mass is 16.5. The Balaban J connectivity index is 2.30. The summed E-state index contributed by atoms with van der Waals surface area (Å²) in [6, 6.07) is 9.96. The molecule has 2 aromatic heterocycles. The Labute approximate surface area is 179 Å². The van der Waals surface area contributed by atoms with Crippen LogP contribution >= 0.6 is 0 Å². The van der Waals surface area contributed by atoms with E-state index in [2.05, 4.69) is 60.6 Å². The molecule has 0 bridgehead atoms. The van der Waals surface area contributed by atoms with Crippen LogP contribution in [0, 0.1) is 0 Å². The number of hydrogen-bond donors (Lipinski definition) is 0. The quantitative estimate of drug-likeness (QED) is 0.596. The number of rotatable bonds is 5. The molecule has 0 aliphatic rings. The number of benzene rings is 1. The maximum absolute atomic E-state index is 5.74. The zero-order valence-electron chi connectivity index (χ0n) is 19.6. The molecule has 0 aliphatic carbocycles. The van der Waals surface area contributed by atoms with Gasteiger partial charge in [0, 0.05) is 28.8 Å². The second-order valence-electron chi connectivity index (χ2n) is 9.88. The summed E-state index contributed by atoms with van der Waals surface area (Å²) < 4.78 is 15.2. The number of aromatic nitrogens is 4. The van der Waals surface area contributed by atoms with E-state index in [4.69, 9.17) is 19.7 Å². The van der Waals surface area contributed by atoms with Gasteiger partial charge in [-0.05, 0) is 37.3 Å². The molecular formula is C24H34N4O2. The Morgan fingerprint density at radius 1 is 0.700 bits per heavy atom.